The van der Waals surface area contributed by atoms with Crippen molar-refractivity contribution >= 4 is 43.1 Å². The van der Waals surface area contributed by atoms with E-state index in [9.17, 15) is 0 Å². The molecule has 0 spiro atoms. The fourth-order valence-electron chi connectivity index (χ4n) is 11.8. The summed E-state index contributed by atoms with van der Waals surface area (Å²) < 4.78 is 0. The highest BCUT2D eigenvalue weighted by Crippen LogP contribution is 2.60. The van der Waals surface area contributed by atoms with Gasteiger partial charge < -0.3 is 0 Å². The van der Waals surface area contributed by atoms with Crippen LogP contribution in [0.2, 0.25) is 0 Å². The Morgan fingerprint density at radius 2 is 0.655 bits per heavy atom. The Balaban J connectivity index is 1.19. The highest BCUT2D eigenvalue weighted by atomic mass is 14.4. The van der Waals surface area contributed by atoms with Gasteiger partial charge in [0.1, 0.15) is 0 Å². The van der Waals surface area contributed by atoms with Crippen LogP contribution in [0.25, 0.3) is 110 Å². The maximum Gasteiger partial charge on any atom is 0.0159 e. The van der Waals surface area contributed by atoms with E-state index in [0.717, 1.165) is 0 Å². The second kappa shape index (κ2) is 11.0. The van der Waals surface area contributed by atoms with Crippen LogP contribution in [0, 0.1) is 0 Å². The first kappa shape index (κ1) is 32.3. The largest absolute Gasteiger partial charge is 0.0619 e. The van der Waals surface area contributed by atoms with E-state index in [4.69, 9.17) is 0 Å². The molecule has 10 aromatic rings. The summed E-state index contributed by atoms with van der Waals surface area (Å²) in [5.41, 5.74) is 21.5. The lowest BCUT2D eigenvalue weighted by Crippen LogP contribution is -2.15. The van der Waals surface area contributed by atoms with Crippen molar-refractivity contribution in [2.45, 2.75) is 38.5 Å². The third kappa shape index (κ3) is 3.86. The average Bonchev–Trinajstić information content (AvgIpc) is 3.80. The molecule has 0 saturated heterocycles. The van der Waals surface area contributed by atoms with E-state index < -0.39 is 0 Å². The Hall–Kier alpha value is -6.76. The first-order valence-corrected chi connectivity index (χ1v) is 20.8. The zero-order valence-corrected chi connectivity index (χ0v) is 33.2. The van der Waals surface area contributed by atoms with Gasteiger partial charge >= 0.3 is 0 Å². The smallest absolute Gasteiger partial charge is 0.0159 e. The zero-order chi connectivity index (χ0) is 38.7. The molecule has 0 nitrogen and oxygen atoms in total. The molecule has 0 fully saturated rings. The molecule has 0 unspecified atom stereocenters. The van der Waals surface area contributed by atoms with Gasteiger partial charge in [-0.05, 0) is 138 Å². The molecule has 0 amide bonds. The molecule has 0 aliphatic heterocycles. The third-order valence-electron chi connectivity index (χ3n) is 14.4. The number of rotatable bonds is 2. The minimum Gasteiger partial charge on any atom is -0.0619 e. The molecule has 0 saturated carbocycles. The molecule has 0 atom stereocenters. The molecule has 0 N–H and O–H groups in total. The molecule has 3 aliphatic carbocycles. The van der Waals surface area contributed by atoms with Crippen molar-refractivity contribution < 1.29 is 0 Å². The summed E-state index contributed by atoms with van der Waals surface area (Å²) in [4.78, 5) is 0. The molecule has 0 radical (unpaired) electrons. The van der Waals surface area contributed by atoms with Gasteiger partial charge in [-0.3, -0.25) is 0 Å². The Bertz CT molecular complexity index is 3390. The first-order valence-electron chi connectivity index (χ1n) is 20.8. The summed E-state index contributed by atoms with van der Waals surface area (Å²) in [6.07, 6.45) is 0. The lowest BCUT2D eigenvalue weighted by molar-refractivity contribution is 0.660. The maximum absolute atomic E-state index is 2.58. The van der Waals surface area contributed by atoms with Crippen LogP contribution >= 0.6 is 0 Å². The van der Waals surface area contributed by atoms with Crippen LogP contribution in [0.1, 0.15) is 49.9 Å². The van der Waals surface area contributed by atoms with Crippen LogP contribution in [0.3, 0.4) is 0 Å². The summed E-state index contributed by atoms with van der Waals surface area (Å²) in [6.45, 7) is 9.68. The van der Waals surface area contributed by atoms with Crippen molar-refractivity contribution in [3.63, 3.8) is 0 Å². The molecule has 10 aromatic carbocycles. The van der Waals surface area contributed by atoms with Crippen molar-refractivity contribution in [3.05, 3.63) is 192 Å². The molecule has 0 bridgehead atoms. The van der Waals surface area contributed by atoms with Crippen LogP contribution in [0.4, 0.5) is 0 Å². The van der Waals surface area contributed by atoms with E-state index in [1.54, 1.807) is 0 Å². The normalized spacial score (nSPS) is 14.8. The molecule has 0 heteroatoms. The molecule has 272 valence electrons. The van der Waals surface area contributed by atoms with Crippen LogP contribution in [-0.4, -0.2) is 0 Å². The molecule has 13 rings (SSSR count). The summed E-state index contributed by atoms with van der Waals surface area (Å²) in [6, 6.07) is 64.8. The Morgan fingerprint density at radius 3 is 1.26 bits per heavy atom. The zero-order valence-electron chi connectivity index (χ0n) is 33.2. The van der Waals surface area contributed by atoms with Crippen molar-refractivity contribution in [1.29, 1.82) is 0 Å². The monoisotopic (exact) mass is 736 g/mol. The van der Waals surface area contributed by atoms with Crippen LogP contribution < -0.4 is 0 Å². The Labute approximate surface area is 339 Å². The van der Waals surface area contributed by atoms with Gasteiger partial charge in [0.2, 0.25) is 0 Å². The molecule has 0 heterocycles. The van der Waals surface area contributed by atoms with Gasteiger partial charge in [0.05, 0.1) is 0 Å². The van der Waals surface area contributed by atoms with Crippen molar-refractivity contribution in [2.75, 3.05) is 0 Å². The van der Waals surface area contributed by atoms with Crippen LogP contribution in [-0.2, 0) is 10.8 Å². The highest BCUT2D eigenvalue weighted by Gasteiger charge is 2.42. The standard InChI is InChI=1S/C58H40/c1-57(2)47-26-13-11-22-44(47)54-49(57)31-30-43-46(32-50-55(56(43)54)45-23-12-14-27-48(45)58(50,3)4)53-38-20-9-7-18-36(38)52(37-19-8-10-21-39(37)53)42-29-28-41-34-17-6-5-16-33(34)35-24-15-25-40(42)51(35)41/h5-32H,1-4H3. The number of hydrogen-bond acceptors (Lipinski definition) is 0. The summed E-state index contributed by atoms with van der Waals surface area (Å²) in [5.74, 6) is 0. The van der Waals surface area contributed by atoms with Crippen molar-refractivity contribution in [3.8, 4) is 66.8 Å². The van der Waals surface area contributed by atoms with Gasteiger partial charge in [0.25, 0.3) is 0 Å². The Morgan fingerprint density at radius 1 is 0.241 bits per heavy atom. The number of fused-ring (bicyclic) bond motifs is 14. The summed E-state index contributed by atoms with van der Waals surface area (Å²) in [7, 11) is 0. The first-order chi connectivity index (χ1) is 28.3. The second-order valence-electron chi connectivity index (χ2n) is 17.9. The van der Waals surface area contributed by atoms with Gasteiger partial charge in [0.15, 0.2) is 0 Å². The molecular formula is C58H40. The Kier molecular flexibility index (Phi) is 6.13. The fourth-order valence-corrected chi connectivity index (χ4v) is 11.8. The fraction of sp³-hybridized carbons (Fsp3) is 0.103. The lowest BCUT2D eigenvalue weighted by atomic mass is 9.77. The van der Waals surface area contributed by atoms with Gasteiger partial charge in [0, 0.05) is 10.8 Å². The van der Waals surface area contributed by atoms with Gasteiger partial charge in [-0.15, -0.1) is 0 Å². The van der Waals surface area contributed by atoms with Crippen molar-refractivity contribution in [2.24, 2.45) is 0 Å². The van der Waals surface area contributed by atoms with Crippen LogP contribution in [0.15, 0.2) is 170 Å². The second-order valence-corrected chi connectivity index (χ2v) is 17.9. The van der Waals surface area contributed by atoms with E-state index in [1.807, 2.05) is 0 Å². The molecule has 3 aliphatic rings. The van der Waals surface area contributed by atoms with Crippen LogP contribution in [0.5, 0.6) is 0 Å². The molecule has 0 aromatic heterocycles. The van der Waals surface area contributed by atoms with Crippen molar-refractivity contribution in [1.82, 2.24) is 0 Å². The van der Waals surface area contributed by atoms with Gasteiger partial charge in [-0.2, -0.15) is 0 Å². The minimum absolute atomic E-state index is 0.0985. The summed E-state index contributed by atoms with van der Waals surface area (Å²) >= 11 is 0. The highest BCUT2D eigenvalue weighted by molar-refractivity contribution is 6.29. The minimum atomic E-state index is -0.168. The third-order valence-corrected chi connectivity index (χ3v) is 14.4. The predicted molar refractivity (Wildman–Crippen MR) is 247 cm³/mol. The van der Waals surface area contributed by atoms with E-state index in [2.05, 4.69) is 198 Å². The molecule has 58 heavy (non-hydrogen) atoms. The van der Waals surface area contributed by atoms with E-state index >= 15 is 0 Å². The van der Waals surface area contributed by atoms with E-state index in [1.165, 1.54) is 132 Å². The predicted octanol–water partition coefficient (Wildman–Crippen LogP) is 15.9. The SMILES string of the molecule is CC1(C)c2ccccc2-c2c1ccc1c(-c3c4ccccc4c(-c4ccc5c6c(cccc46)-c4ccccc4-5)c4ccccc34)cc3c(c21)-c1ccccc1C3(C)C. The molecular weight excluding hydrogens is 697 g/mol. The van der Waals surface area contributed by atoms with Gasteiger partial charge in [-0.25, -0.2) is 0 Å². The van der Waals surface area contributed by atoms with E-state index in [-0.39, 0.29) is 10.8 Å². The summed E-state index contributed by atoms with van der Waals surface area (Å²) in [5, 5.41) is 10.6. The van der Waals surface area contributed by atoms with E-state index in [0.29, 0.717) is 0 Å². The average molecular weight is 737 g/mol. The lowest BCUT2D eigenvalue weighted by Gasteiger charge is -2.26. The maximum atomic E-state index is 2.58. The topological polar surface area (TPSA) is 0 Å². The van der Waals surface area contributed by atoms with Gasteiger partial charge in [-0.1, -0.05) is 191 Å². The number of hydrogen-bond donors (Lipinski definition) is 0. The number of benzene rings is 10. The quantitative estimate of drug-likeness (QED) is 0.155.